The van der Waals surface area contributed by atoms with Gasteiger partial charge in [-0.1, -0.05) is 18.2 Å². The van der Waals surface area contributed by atoms with Crippen LogP contribution in [0.4, 0.5) is 13.2 Å². The van der Waals surface area contributed by atoms with Gasteiger partial charge in [-0.05, 0) is 171 Å². The van der Waals surface area contributed by atoms with E-state index in [1.807, 2.05) is 6.07 Å². The standard InChI is InChI=1S/C48H60F3N3O6/c1-55-41-23-31-13-19-52-38(35(31)26-44(41)58-4)10-16-47(29-30-8-7-9-34(22-30)48(49,50)51,17-11-39-36-27-45(59-5)42(56-2)24-32(36)14-20-53-39)18-12-40-37-28-46(60-6)43(57-3)25-33(37)15-21-54-40/h7-9,22-28,38-40,52-54H,10-21,29H2,1-6H3. The Labute approximate surface area is 352 Å². The molecule has 0 radical (unpaired) electrons. The number of hydrogen-bond acceptors (Lipinski definition) is 9. The van der Waals surface area contributed by atoms with Crippen LogP contribution in [0.15, 0.2) is 60.7 Å². The summed E-state index contributed by atoms with van der Waals surface area (Å²) < 4.78 is 77.0. The van der Waals surface area contributed by atoms with Gasteiger partial charge in [0.15, 0.2) is 34.5 Å². The van der Waals surface area contributed by atoms with Crippen LogP contribution in [-0.4, -0.2) is 62.3 Å². The molecule has 3 atom stereocenters. The molecule has 60 heavy (non-hydrogen) atoms. The topological polar surface area (TPSA) is 91.5 Å². The van der Waals surface area contributed by atoms with E-state index in [4.69, 9.17) is 28.4 Å². The fourth-order valence-corrected chi connectivity index (χ4v) is 9.96. The lowest BCUT2D eigenvalue weighted by Gasteiger charge is -2.40. The van der Waals surface area contributed by atoms with Gasteiger partial charge in [0.05, 0.1) is 48.2 Å². The van der Waals surface area contributed by atoms with Gasteiger partial charge in [0.25, 0.3) is 0 Å². The molecule has 0 saturated carbocycles. The second-order valence-electron chi connectivity index (χ2n) is 16.5. The summed E-state index contributed by atoms with van der Waals surface area (Å²) in [5.74, 6) is 4.18. The van der Waals surface area contributed by atoms with Crippen LogP contribution in [-0.2, 0) is 31.9 Å². The predicted molar refractivity (Wildman–Crippen MR) is 227 cm³/mol. The minimum absolute atomic E-state index is 0.0324. The normalized spacial score (nSPS) is 19.6. The molecule has 3 aliphatic rings. The van der Waals surface area contributed by atoms with Gasteiger partial charge in [0.2, 0.25) is 0 Å². The second-order valence-corrected chi connectivity index (χ2v) is 16.5. The summed E-state index contributed by atoms with van der Waals surface area (Å²) in [6.07, 6.45) is 3.38. The molecule has 9 nitrogen and oxygen atoms in total. The first kappa shape index (κ1) is 43.4. The van der Waals surface area contributed by atoms with Crippen molar-refractivity contribution in [2.45, 2.75) is 88.5 Å². The van der Waals surface area contributed by atoms with Gasteiger partial charge in [-0.2, -0.15) is 13.2 Å². The van der Waals surface area contributed by atoms with Crippen LogP contribution >= 0.6 is 0 Å². The fraction of sp³-hybridized carbons (Fsp3) is 0.500. The van der Waals surface area contributed by atoms with E-state index in [0.717, 1.165) is 77.4 Å². The molecule has 7 rings (SSSR count). The average Bonchev–Trinajstić information content (AvgIpc) is 3.27. The molecular weight excluding hydrogens is 772 g/mol. The van der Waals surface area contributed by atoms with E-state index in [9.17, 15) is 13.2 Å². The third-order valence-corrected chi connectivity index (χ3v) is 13.1. The number of ether oxygens (including phenoxy) is 6. The zero-order valence-electron chi connectivity index (χ0n) is 35.8. The highest BCUT2D eigenvalue weighted by Gasteiger charge is 2.37. The number of halogens is 3. The van der Waals surface area contributed by atoms with Crippen molar-refractivity contribution < 1.29 is 41.6 Å². The summed E-state index contributed by atoms with van der Waals surface area (Å²) in [6.45, 7) is 2.45. The first-order valence-corrected chi connectivity index (χ1v) is 21.1. The summed E-state index contributed by atoms with van der Waals surface area (Å²) in [6, 6.07) is 18.6. The first-order valence-electron chi connectivity index (χ1n) is 21.1. The molecule has 0 aromatic heterocycles. The molecule has 0 amide bonds. The number of alkyl halides is 3. The highest BCUT2D eigenvalue weighted by atomic mass is 19.4. The monoisotopic (exact) mass is 831 g/mol. The summed E-state index contributed by atoms with van der Waals surface area (Å²) in [4.78, 5) is 0. The number of fused-ring (bicyclic) bond motifs is 3. The molecule has 0 bridgehead atoms. The van der Waals surface area contributed by atoms with E-state index in [2.05, 4.69) is 52.3 Å². The number of hydrogen-bond donors (Lipinski definition) is 3. The van der Waals surface area contributed by atoms with E-state index in [1.54, 1.807) is 48.7 Å². The van der Waals surface area contributed by atoms with E-state index in [-0.39, 0.29) is 23.5 Å². The molecular formula is C48H60F3N3O6. The van der Waals surface area contributed by atoms with Crippen LogP contribution in [0.2, 0.25) is 0 Å². The Kier molecular flexibility index (Phi) is 13.7. The van der Waals surface area contributed by atoms with E-state index >= 15 is 0 Å². The van der Waals surface area contributed by atoms with Crippen molar-refractivity contribution in [1.82, 2.24) is 16.0 Å². The maximum Gasteiger partial charge on any atom is 0.416 e. The van der Waals surface area contributed by atoms with Gasteiger partial charge < -0.3 is 44.4 Å². The van der Waals surface area contributed by atoms with E-state index < -0.39 is 11.7 Å². The van der Waals surface area contributed by atoms with Gasteiger partial charge in [-0.25, -0.2) is 0 Å². The molecule has 0 saturated heterocycles. The molecule has 3 heterocycles. The van der Waals surface area contributed by atoms with Crippen molar-refractivity contribution in [2.24, 2.45) is 5.41 Å². The Bertz CT molecular complexity index is 1920. The molecule has 0 aliphatic carbocycles. The Morgan fingerprint density at radius 2 is 0.850 bits per heavy atom. The predicted octanol–water partition coefficient (Wildman–Crippen LogP) is 9.29. The van der Waals surface area contributed by atoms with Gasteiger partial charge in [-0.3, -0.25) is 0 Å². The maximum atomic E-state index is 14.3. The second kappa shape index (κ2) is 19.0. The van der Waals surface area contributed by atoms with Crippen molar-refractivity contribution in [3.05, 3.63) is 105 Å². The zero-order chi connectivity index (χ0) is 42.4. The lowest BCUT2D eigenvalue weighted by molar-refractivity contribution is -0.137. The van der Waals surface area contributed by atoms with Gasteiger partial charge in [0, 0.05) is 18.1 Å². The Morgan fingerprint density at radius 3 is 1.18 bits per heavy atom. The molecule has 3 unspecified atom stereocenters. The third-order valence-electron chi connectivity index (χ3n) is 13.1. The van der Waals surface area contributed by atoms with Crippen molar-refractivity contribution in [2.75, 3.05) is 62.3 Å². The molecule has 0 fully saturated rings. The quantitative estimate of drug-likeness (QED) is 0.0964. The molecule has 324 valence electrons. The summed E-state index contributed by atoms with van der Waals surface area (Å²) in [5.41, 5.74) is 6.90. The first-order chi connectivity index (χ1) is 29.0. The highest BCUT2D eigenvalue weighted by Crippen LogP contribution is 2.48. The van der Waals surface area contributed by atoms with Gasteiger partial charge in [0.1, 0.15) is 0 Å². The molecule has 3 N–H and O–H groups in total. The Hall–Kier alpha value is -4.65. The maximum absolute atomic E-state index is 14.3. The van der Waals surface area contributed by atoms with Gasteiger partial charge >= 0.3 is 6.18 Å². The minimum Gasteiger partial charge on any atom is -0.493 e. The minimum atomic E-state index is -4.44. The fourth-order valence-electron chi connectivity index (χ4n) is 9.96. The molecule has 0 spiro atoms. The number of rotatable bonds is 17. The molecule has 3 aliphatic heterocycles. The van der Waals surface area contributed by atoms with E-state index in [1.165, 1.54) is 45.5 Å². The summed E-state index contributed by atoms with van der Waals surface area (Å²) >= 11 is 0. The van der Waals surface area contributed by atoms with Crippen LogP contribution in [0.5, 0.6) is 34.5 Å². The van der Waals surface area contributed by atoms with Crippen molar-refractivity contribution >= 4 is 0 Å². The van der Waals surface area contributed by atoms with Crippen LogP contribution in [0.3, 0.4) is 0 Å². The van der Waals surface area contributed by atoms with Crippen LogP contribution in [0.25, 0.3) is 0 Å². The van der Waals surface area contributed by atoms with Crippen LogP contribution in [0, 0.1) is 5.41 Å². The largest absolute Gasteiger partial charge is 0.493 e. The number of methoxy groups -OCH3 is 6. The average molecular weight is 832 g/mol. The highest BCUT2D eigenvalue weighted by molar-refractivity contribution is 5.51. The van der Waals surface area contributed by atoms with Crippen molar-refractivity contribution in [1.29, 1.82) is 0 Å². The molecule has 4 aromatic rings. The van der Waals surface area contributed by atoms with Crippen LogP contribution < -0.4 is 44.4 Å². The SMILES string of the molecule is COc1cc2c(cc1OC)C(CCC(CCC1NCCc3cc(OC)c(OC)cc31)(CCC1NCCc3cc(OC)c(OC)cc31)Cc1cccc(C(F)(F)F)c1)NCC2. The number of benzene rings is 4. The summed E-state index contributed by atoms with van der Waals surface area (Å²) in [7, 11) is 9.93. The smallest absolute Gasteiger partial charge is 0.416 e. The Morgan fingerprint density at radius 1 is 0.500 bits per heavy atom. The molecule has 4 aromatic carbocycles. The molecule has 12 heteroatoms. The third kappa shape index (κ3) is 9.46. The van der Waals surface area contributed by atoms with Crippen LogP contribution in [0.1, 0.15) is 101 Å². The number of nitrogens with one attached hydrogen (secondary N) is 3. The lowest BCUT2D eigenvalue weighted by atomic mass is 9.68. The summed E-state index contributed by atoms with van der Waals surface area (Å²) in [5, 5.41) is 11.4. The van der Waals surface area contributed by atoms with Gasteiger partial charge in [-0.15, -0.1) is 0 Å². The van der Waals surface area contributed by atoms with Crippen molar-refractivity contribution in [3.63, 3.8) is 0 Å². The lowest BCUT2D eigenvalue weighted by Crippen LogP contribution is -2.36. The zero-order valence-corrected chi connectivity index (χ0v) is 35.8. The van der Waals surface area contributed by atoms with Crippen molar-refractivity contribution in [3.8, 4) is 34.5 Å². The van der Waals surface area contributed by atoms with E-state index in [0.29, 0.717) is 46.5 Å². The Balaban J connectivity index is 1.28.